The van der Waals surface area contributed by atoms with E-state index in [2.05, 4.69) is 25.4 Å². The molecule has 3 aromatic heterocycles. The van der Waals surface area contributed by atoms with Gasteiger partial charge < -0.3 is 5.32 Å². The van der Waals surface area contributed by atoms with E-state index in [1.807, 2.05) is 54.9 Å². The summed E-state index contributed by atoms with van der Waals surface area (Å²) in [5.41, 5.74) is 4.16. The van der Waals surface area contributed by atoms with Crippen molar-refractivity contribution in [2.24, 2.45) is 0 Å². The van der Waals surface area contributed by atoms with Crippen LogP contribution in [0.1, 0.15) is 28.3 Å². The molecule has 1 N–H and O–H groups in total. The highest BCUT2D eigenvalue weighted by molar-refractivity contribution is 7.15. The molecule has 0 fully saturated rings. The lowest BCUT2D eigenvalue weighted by atomic mass is 10.0. The number of hydrogen-bond acceptors (Lipinski definition) is 6. The fourth-order valence-electron chi connectivity index (χ4n) is 2.81. The van der Waals surface area contributed by atoms with Crippen molar-refractivity contribution >= 4 is 39.7 Å². The maximum absolute atomic E-state index is 5.99. The van der Waals surface area contributed by atoms with Gasteiger partial charge in [0.25, 0.3) is 0 Å². The summed E-state index contributed by atoms with van der Waals surface area (Å²) in [7, 11) is 0. The summed E-state index contributed by atoms with van der Waals surface area (Å²) < 4.78 is 1.83. The number of anilines is 2. The summed E-state index contributed by atoms with van der Waals surface area (Å²) in [5, 5.41) is 10.5. The van der Waals surface area contributed by atoms with E-state index in [1.54, 1.807) is 11.3 Å². The predicted molar refractivity (Wildman–Crippen MR) is 105 cm³/mol. The predicted octanol–water partition coefficient (Wildman–Crippen LogP) is 4.49. The summed E-state index contributed by atoms with van der Waals surface area (Å²) in [6, 6.07) is 7.81. The quantitative estimate of drug-likeness (QED) is 0.561. The lowest BCUT2D eigenvalue weighted by Gasteiger charge is -2.12. The van der Waals surface area contributed by atoms with Gasteiger partial charge in [-0.1, -0.05) is 23.7 Å². The van der Waals surface area contributed by atoms with Gasteiger partial charge in [-0.15, -0.1) is 16.4 Å². The Morgan fingerprint density at radius 3 is 2.58 bits per heavy atom. The van der Waals surface area contributed by atoms with Crippen molar-refractivity contribution in [1.82, 2.24) is 24.6 Å². The average molecular weight is 385 g/mol. The van der Waals surface area contributed by atoms with E-state index in [0.717, 1.165) is 38.3 Å². The van der Waals surface area contributed by atoms with E-state index in [1.165, 1.54) is 0 Å². The van der Waals surface area contributed by atoms with Crippen molar-refractivity contribution in [2.45, 2.75) is 27.2 Å². The van der Waals surface area contributed by atoms with E-state index in [-0.39, 0.29) is 0 Å². The van der Waals surface area contributed by atoms with Crippen molar-refractivity contribution < 1.29 is 0 Å². The molecule has 0 aliphatic heterocycles. The molecule has 0 unspecified atom stereocenters. The van der Waals surface area contributed by atoms with Crippen LogP contribution in [-0.2, 0) is 6.42 Å². The Morgan fingerprint density at radius 2 is 1.85 bits per heavy atom. The van der Waals surface area contributed by atoms with Gasteiger partial charge in [0.15, 0.2) is 0 Å². The fourth-order valence-corrected chi connectivity index (χ4v) is 3.73. The second kappa shape index (κ2) is 6.66. The number of fused-ring (bicyclic) bond motifs is 1. The van der Waals surface area contributed by atoms with Crippen LogP contribution in [0.2, 0.25) is 5.02 Å². The number of nitrogens with one attached hydrogen (secondary N) is 1. The smallest absolute Gasteiger partial charge is 0.249 e. The van der Waals surface area contributed by atoms with Crippen molar-refractivity contribution in [1.29, 1.82) is 0 Å². The third kappa shape index (κ3) is 3.27. The Morgan fingerprint density at radius 1 is 1.08 bits per heavy atom. The second-order valence-corrected chi connectivity index (χ2v) is 7.39. The van der Waals surface area contributed by atoms with Gasteiger partial charge in [-0.25, -0.2) is 14.5 Å². The van der Waals surface area contributed by atoms with E-state index in [4.69, 9.17) is 11.6 Å². The molecule has 0 spiro atoms. The first-order valence-corrected chi connectivity index (χ1v) is 9.42. The summed E-state index contributed by atoms with van der Waals surface area (Å²) in [5.74, 6) is 1.98. The van der Waals surface area contributed by atoms with Crippen LogP contribution in [0.25, 0.3) is 4.96 Å². The number of aryl methyl sites for hydroxylation is 3. The minimum absolute atomic E-state index is 0.537. The number of thiazole rings is 1. The van der Waals surface area contributed by atoms with Gasteiger partial charge in [-0.2, -0.15) is 4.98 Å². The van der Waals surface area contributed by atoms with Crippen LogP contribution >= 0.6 is 22.9 Å². The van der Waals surface area contributed by atoms with E-state index >= 15 is 0 Å². The first-order valence-electron chi connectivity index (χ1n) is 8.16. The molecule has 0 aliphatic carbocycles. The van der Waals surface area contributed by atoms with Gasteiger partial charge in [0, 0.05) is 28.1 Å². The Labute approximate surface area is 159 Å². The zero-order chi connectivity index (χ0) is 18.3. The Hall–Kier alpha value is -2.51. The van der Waals surface area contributed by atoms with Gasteiger partial charge >= 0.3 is 0 Å². The molecule has 1 aromatic carbocycles. The monoisotopic (exact) mass is 384 g/mol. The summed E-state index contributed by atoms with van der Waals surface area (Å²) in [6.45, 7) is 5.88. The standard InChI is InChI=1S/C18H17ClN6S/c1-10-9-26-18-23-17(24-25(10)18)22-16-15(11(2)20-12(3)21-16)8-13-4-6-14(19)7-5-13/h4-7,9H,8H2,1-3H3,(H,20,21,22,24). The summed E-state index contributed by atoms with van der Waals surface area (Å²) >= 11 is 7.55. The van der Waals surface area contributed by atoms with Crippen LogP contribution in [-0.4, -0.2) is 24.6 Å². The average Bonchev–Trinajstić information content (AvgIpc) is 3.14. The first-order chi connectivity index (χ1) is 12.5. The van der Waals surface area contributed by atoms with Gasteiger partial charge in [0.1, 0.15) is 11.6 Å². The molecule has 4 rings (SSSR count). The zero-order valence-corrected chi connectivity index (χ0v) is 16.2. The van der Waals surface area contributed by atoms with Gasteiger partial charge in [-0.3, -0.25) is 0 Å². The van der Waals surface area contributed by atoms with Crippen LogP contribution in [0, 0.1) is 20.8 Å². The van der Waals surface area contributed by atoms with E-state index in [0.29, 0.717) is 18.2 Å². The molecule has 0 aliphatic rings. The van der Waals surface area contributed by atoms with Crippen LogP contribution in [0.15, 0.2) is 29.6 Å². The summed E-state index contributed by atoms with van der Waals surface area (Å²) in [6.07, 6.45) is 0.701. The maximum atomic E-state index is 5.99. The fraction of sp³-hybridized carbons (Fsp3) is 0.222. The normalized spacial score (nSPS) is 11.2. The number of benzene rings is 1. The highest BCUT2D eigenvalue weighted by Gasteiger charge is 2.14. The third-order valence-corrected chi connectivity index (χ3v) is 5.28. The molecule has 0 bridgehead atoms. The molecule has 8 heteroatoms. The highest BCUT2D eigenvalue weighted by Crippen LogP contribution is 2.24. The molecular formula is C18H17ClN6S. The van der Waals surface area contributed by atoms with Gasteiger partial charge in [-0.05, 0) is 38.5 Å². The molecule has 0 saturated carbocycles. The Bertz CT molecular complexity index is 1080. The molecule has 6 nitrogen and oxygen atoms in total. The van der Waals surface area contributed by atoms with Crippen LogP contribution in [0.3, 0.4) is 0 Å². The van der Waals surface area contributed by atoms with Gasteiger partial charge in [0.05, 0.1) is 5.69 Å². The minimum Gasteiger partial charge on any atom is -0.307 e. The first kappa shape index (κ1) is 16.9. The molecule has 3 heterocycles. The van der Waals surface area contributed by atoms with E-state index < -0.39 is 0 Å². The largest absolute Gasteiger partial charge is 0.307 e. The Kier molecular flexibility index (Phi) is 4.34. The molecule has 132 valence electrons. The van der Waals surface area contributed by atoms with Crippen molar-refractivity contribution in [2.75, 3.05) is 5.32 Å². The van der Waals surface area contributed by atoms with Crippen LogP contribution in [0.4, 0.5) is 11.8 Å². The molecule has 26 heavy (non-hydrogen) atoms. The van der Waals surface area contributed by atoms with Crippen LogP contribution < -0.4 is 5.32 Å². The molecule has 0 saturated heterocycles. The Balaban J connectivity index is 1.70. The number of rotatable bonds is 4. The number of aromatic nitrogens is 5. The lowest BCUT2D eigenvalue weighted by molar-refractivity contribution is 0.927. The third-order valence-electron chi connectivity index (χ3n) is 4.10. The van der Waals surface area contributed by atoms with E-state index in [9.17, 15) is 0 Å². The molecule has 0 atom stereocenters. The zero-order valence-electron chi connectivity index (χ0n) is 14.6. The van der Waals surface area contributed by atoms with Crippen molar-refractivity contribution in [3.63, 3.8) is 0 Å². The number of hydrogen-bond donors (Lipinski definition) is 1. The SMILES string of the molecule is Cc1nc(C)c(Cc2ccc(Cl)cc2)c(Nc2nc3scc(C)n3n2)n1. The van der Waals surface area contributed by atoms with Crippen molar-refractivity contribution in [3.8, 4) is 0 Å². The molecular weight excluding hydrogens is 368 g/mol. The minimum atomic E-state index is 0.537. The highest BCUT2D eigenvalue weighted by atomic mass is 35.5. The molecule has 0 radical (unpaired) electrons. The number of halogens is 1. The summed E-state index contributed by atoms with van der Waals surface area (Å²) in [4.78, 5) is 14.5. The van der Waals surface area contributed by atoms with Gasteiger partial charge in [0.2, 0.25) is 10.9 Å². The maximum Gasteiger partial charge on any atom is 0.249 e. The van der Waals surface area contributed by atoms with Crippen molar-refractivity contribution in [3.05, 3.63) is 63.0 Å². The molecule has 4 aromatic rings. The van der Waals surface area contributed by atoms with Crippen LogP contribution in [0.5, 0.6) is 0 Å². The number of nitrogens with zero attached hydrogens (tertiary/aromatic N) is 5. The topological polar surface area (TPSA) is 68.0 Å². The lowest BCUT2D eigenvalue weighted by Crippen LogP contribution is -2.07. The second-order valence-electron chi connectivity index (χ2n) is 6.12. The molecule has 0 amide bonds.